The number of hydrogen-bond donors (Lipinski definition) is 3. The molecule has 0 radical (unpaired) electrons. The van der Waals surface area contributed by atoms with Gasteiger partial charge < -0.3 is 15.7 Å². The van der Waals surface area contributed by atoms with Crippen molar-refractivity contribution >= 4 is 17.5 Å². The van der Waals surface area contributed by atoms with E-state index >= 15 is 0 Å². The van der Waals surface area contributed by atoms with E-state index in [0.717, 1.165) is 24.3 Å². The van der Waals surface area contributed by atoms with E-state index in [0.29, 0.717) is 12.8 Å². The quantitative estimate of drug-likeness (QED) is 0.724. The molecule has 1 rings (SSSR count). The molecule has 0 unspecified atom stereocenters. The molecular weight excluding hydrogens is 313 g/mol. The van der Waals surface area contributed by atoms with Gasteiger partial charge in [0.2, 0.25) is 0 Å². The predicted molar refractivity (Wildman–Crippen MR) is 78.6 cm³/mol. The van der Waals surface area contributed by atoms with Crippen molar-refractivity contribution in [3.63, 3.8) is 0 Å². The van der Waals surface area contributed by atoms with Crippen LogP contribution in [-0.4, -0.2) is 29.1 Å². The molecule has 0 aliphatic carbocycles. The van der Waals surface area contributed by atoms with Gasteiger partial charge in [-0.05, 0) is 37.1 Å². The molecule has 0 saturated heterocycles. The number of carbonyl (C=O) groups is 2. The maximum atomic E-state index is 12.4. The number of carbonyl (C=O) groups excluding carboxylic acids is 2. The first kappa shape index (κ1) is 19.0. The smallest absolute Gasteiger partial charge is 0.388 e. The molecule has 0 aromatic heterocycles. The van der Waals surface area contributed by atoms with Gasteiger partial charge in [0.15, 0.2) is 0 Å². The van der Waals surface area contributed by atoms with Crippen molar-refractivity contribution in [1.82, 2.24) is 5.32 Å². The first-order valence-electron chi connectivity index (χ1n) is 7.10. The zero-order valence-corrected chi connectivity index (χ0v) is 12.8. The summed E-state index contributed by atoms with van der Waals surface area (Å²) in [6.07, 6.45) is -3.65. The maximum absolute atomic E-state index is 12.4. The molecule has 1 aromatic rings. The van der Waals surface area contributed by atoms with Crippen LogP contribution in [0.1, 0.15) is 32.3 Å². The lowest BCUT2D eigenvalue weighted by Gasteiger charge is -2.25. The lowest BCUT2D eigenvalue weighted by atomic mass is 9.98. The second-order valence-electron chi connectivity index (χ2n) is 5.14. The zero-order chi connectivity index (χ0) is 17.7. The van der Waals surface area contributed by atoms with Crippen LogP contribution >= 0.6 is 0 Å². The van der Waals surface area contributed by atoms with Gasteiger partial charge in [-0.25, -0.2) is 0 Å². The molecule has 0 aliphatic heterocycles. The van der Waals surface area contributed by atoms with E-state index in [1.807, 2.05) is 0 Å². The van der Waals surface area contributed by atoms with E-state index in [2.05, 4.69) is 10.6 Å². The van der Waals surface area contributed by atoms with Crippen molar-refractivity contribution in [1.29, 1.82) is 0 Å². The number of nitrogens with one attached hydrogen (secondary N) is 2. The zero-order valence-electron chi connectivity index (χ0n) is 12.8. The molecule has 3 N–H and O–H groups in total. The summed E-state index contributed by atoms with van der Waals surface area (Å²) in [6, 6.07) is 3.73. The minimum absolute atomic E-state index is 0.0689. The fourth-order valence-corrected chi connectivity index (χ4v) is 1.76. The number of anilines is 1. The van der Waals surface area contributed by atoms with Crippen LogP contribution in [0.5, 0.6) is 0 Å². The van der Waals surface area contributed by atoms with Gasteiger partial charge in [-0.3, -0.25) is 9.59 Å². The third-order valence-corrected chi connectivity index (χ3v) is 3.57. The number of amides is 2. The second-order valence-corrected chi connectivity index (χ2v) is 5.14. The molecular formula is C15H19F3N2O3. The molecule has 8 heteroatoms. The molecule has 0 bridgehead atoms. The molecule has 0 saturated carbocycles. The Balaban J connectivity index is 2.60. The van der Waals surface area contributed by atoms with Gasteiger partial charge in [0.25, 0.3) is 0 Å². The van der Waals surface area contributed by atoms with Crippen molar-refractivity contribution in [3.8, 4) is 0 Å². The molecule has 0 fully saturated rings. The van der Waals surface area contributed by atoms with Gasteiger partial charge in [0, 0.05) is 12.2 Å². The lowest BCUT2D eigenvalue weighted by Crippen LogP contribution is -2.45. The minimum atomic E-state index is -4.47. The normalized spacial score (nSPS) is 11.9. The van der Waals surface area contributed by atoms with Gasteiger partial charge in [-0.2, -0.15) is 13.2 Å². The highest BCUT2D eigenvalue weighted by atomic mass is 19.4. The topological polar surface area (TPSA) is 78.4 Å². The summed E-state index contributed by atoms with van der Waals surface area (Å²) >= 11 is 0. The summed E-state index contributed by atoms with van der Waals surface area (Å²) < 4.78 is 37.2. The van der Waals surface area contributed by atoms with Crippen molar-refractivity contribution in [2.24, 2.45) is 0 Å². The number of hydrogen-bond acceptors (Lipinski definition) is 3. The molecule has 0 heterocycles. The van der Waals surface area contributed by atoms with Crippen LogP contribution in [0, 0.1) is 0 Å². The molecule has 0 atom stereocenters. The van der Waals surface area contributed by atoms with Crippen molar-refractivity contribution < 1.29 is 27.9 Å². The summed E-state index contributed by atoms with van der Waals surface area (Å²) in [7, 11) is 0. The predicted octanol–water partition coefficient (Wildman–Crippen LogP) is 2.31. The Morgan fingerprint density at radius 3 is 2.00 bits per heavy atom. The first-order chi connectivity index (χ1) is 10.6. The largest absolute Gasteiger partial charge is 0.416 e. The SMILES string of the molecule is CCC(O)(CC)CNC(=O)C(=O)Nc1ccc(C(F)(F)F)cc1. The number of aliphatic hydroxyl groups is 1. The summed E-state index contributed by atoms with van der Waals surface area (Å²) in [6.45, 7) is 3.41. The summed E-state index contributed by atoms with van der Waals surface area (Å²) in [4.78, 5) is 23.3. The fourth-order valence-electron chi connectivity index (χ4n) is 1.76. The lowest BCUT2D eigenvalue weighted by molar-refractivity contribution is -0.137. The molecule has 0 spiro atoms. The summed E-state index contributed by atoms with van der Waals surface area (Å²) in [5.41, 5.74) is -1.88. The maximum Gasteiger partial charge on any atom is 0.416 e. The van der Waals surface area contributed by atoms with Crippen LogP contribution < -0.4 is 10.6 Å². The van der Waals surface area contributed by atoms with Crippen LogP contribution in [0.4, 0.5) is 18.9 Å². The molecule has 0 aliphatic rings. The average molecular weight is 332 g/mol. The number of alkyl halides is 3. The Kier molecular flexibility index (Phi) is 6.14. The van der Waals surface area contributed by atoms with Crippen molar-refractivity contribution in [2.45, 2.75) is 38.5 Å². The van der Waals surface area contributed by atoms with E-state index in [4.69, 9.17) is 0 Å². The van der Waals surface area contributed by atoms with Gasteiger partial charge in [0.05, 0.1) is 11.2 Å². The number of halogens is 3. The highest BCUT2D eigenvalue weighted by Crippen LogP contribution is 2.29. The van der Waals surface area contributed by atoms with Crippen LogP contribution in [-0.2, 0) is 15.8 Å². The van der Waals surface area contributed by atoms with E-state index < -0.39 is 29.2 Å². The van der Waals surface area contributed by atoms with Gasteiger partial charge in [-0.1, -0.05) is 13.8 Å². The summed E-state index contributed by atoms with van der Waals surface area (Å²) in [5, 5.41) is 14.5. The van der Waals surface area contributed by atoms with E-state index in [-0.39, 0.29) is 12.2 Å². The second kappa shape index (κ2) is 7.45. The van der Waals surface area contributed by atoms with Crippen LogP contribution in [0.2, 0.25) is 0 Å². The molecule has 1 aromatic carbocycles. The van der Waals surface area contributed by atoms with E-state index in [1.54, 1.807) is 13.8 Å². The third-order valence-electron chi connectivity index (χ3n) is 3.57. The average Bonchev–Trinajstić information content (AvgIpc) is 2.51. The molecule has 23 heavy (non-hydrogen) atoms. The van der Waals surface area contributed by atoms with Gasteiger partial charge >= 0.3 is 18.0 Å². The monoisotopic (exact) mass is 332 g/mol. The van der Waals surface area contributed by atoms with Crippen molar-refractivity contribution in [2.75, 3.05) is 11.9 Å². The fraction of sp³-hybridized carbons (Fsp3) is 0.467. The van der Waals surface area contributed by atoms with Crippen LogP contribution in [0.25, 0.3) is 0 Å². The van der Waals surface area contributed by atoms with E-state index in [1.165, 1.54) is 0 Å². The Labute approximate surface area is 131 Å². The Bertz CT molecular complexity index is 552. The first-order valence-corrected chi connectivity index (χ1v) is 7.10. The van der Waals surface area contributed by atoms with E-state index in [9.17, 15) is 27.9 Å². The third kappa shape index (κ3) is 5.55. The van der Waals surface area contributed by atoms with Crippen molar-refractivity contribution in [3.05, 3.63) is 29.8 Å². The Morgan fingerprint density at radius 2 is 1.57 bits per heavy atom. The minimum Gasteiger partial charge on any atom is -0.388 e. The van der Waals surface area contributed by atoms with Crippen LogP contribution in [0.3, 0.4) is 0 Å². The molecule has 5 nitrogen and oxygen atoms in total. The highest BCUT2D eigenvalue weighted by Gasteiger charge is 2.30. The van der Waals surface area contributed by atoms with Gasteiger partial charge in [0.1, 0.15) is 0 Å². The standard InChI is InChI=1S/C15H19F3N2O3/c1-3-14(23,4-2)9-19-12(21)13(22)20-11-7-5-10(6-8-11)15(16,17)18/h5-8,23H,3-4,9H2,1-2H3,(H,19,21)(H,20,22). The van der Waals surface area contributed by atoms with Crippen LogP contribution in [0.15, 0.2) is 24.3 Å². The summed E-state index contributed by atoms with van der Waals surface area (Å²) in [5.74, 6) is -1.98. The Hall–Kier alpha value is -2.09. The molecule has 128 valence electrons. The number of rotatable bonds is 5. The van der Waals surface area contributed by atoms with Gasteiger partial charge in [-0.15, -0.1) is 0 Å². The highest BCUT2D eigenvalue weighted by molar-refractivity contribution is 6.39. The number of benzene rings is 1. The molecule has 2 amide bonds. The Morgan fingerprint density at radius 1 is 1.04 bits per heavy atom.